The van der Waals surface area contributed by atoms with Crippen molar-refractivity contribution in [3.8, 4) is 0 Å². The van der Waals surface area contributed by atoms with Gasteiger partial charge in [0.1, 0.15) is 0 Å². The van der Waals surface area contributed by atoms with Gasteiger partial charge in [0.15, 0.2) is 0 Å². The average molecular weight is 282 g/mol. The molecule has 1 aromatic carbocycles. The van der Waals surface area contributed by atoms with Gasteiger partial charge in [0.05, 0.1) is 11.5 Å². The molecule has 0 radical (unpaired) electrons. The largest absolute Gasteiger partial charge is 0.488 e. The molecule has 0 aromatic heterocycles. The number of nitrogens with one attached hydrogen (secondary N) is 1. The molecule has 108 valence electrons. The van der Waals surface area contributed by atoms with E-state index in [2.05, 4.69) is 5.32 Å². The van der Waals surface area contributed by atoms with Gasteiger partial charge in [0.25, 0.3) is 11.6 Å². The van der Waals surface area contributed by atoms with E-state index in [0.29, 0.717) is 13.2 Å². The van der Waals surface area contributed by atoms with Crippen molar-refractivity contribution in [2.45, 2.75) is 6.92 Å². The van der Waals surface area contributed by atoms with E-state index in [9.17, 15) is 14.9 Å². The van der Waals surface area contributed by atoms with Crippen molar-refractivity contribution in [1.29, 1.82) is 0 Å². The van der Waals surface area contributed by atoms with Crippen LogP contribution in [0.25, 0.3) is 0 Å². The van der Waals surface area contributed by atoms with Crippen molar-refractivity contribution < 1.29 is 24.5 Å². The molecule has 0 spiro atoms. The second-order valence-corrected chi connectivity index (χ2v) is 3.90. The molecule has 0 aliphatic heterocycles. The standard InChI is InChI=1S/C11H15BN2O6/c1-2-20-4-3-13-11(15)8-5-9(12(16)17)7-10(6-8)14(18)19/h5-7,16-17H,2-4H2,1H3,(H,13,15). The van der Waals surface area contributed by atoms with Crippen molar-refractivity contribution in [3.05, 3.63) is 33.9 Å². The molecule has 3 N–H and O–H groups in total. The molecule has 0 heterocycles. The molecule has 0 unspecified atom stereocenters. The Labute approximate surface area is 115 Å². The fourth-order valence-corrected chi connectivity index (χ4v) is 1.50. The van der Waals surface area contributed by atoms with Crippen molar-refractivity contribution in [2.75, 3.05) is 19.8 Å². The first kappa shape index (κ1) is 16.1. The molecule has 9 heteroatoms. The first-order chi connectivity index (χ1) is 9.45. The van der Waals surface area contributed by atoms with Gasteiger partial charge in [-0.25, -0.2) is 0 Å². The molecular formula is C11H15BN2O6. The maximum Gasteiger partial charge on any atom is 0.488 e. The quantitative estimate of drug-likeness (QED) is 0.256. The van der Waals surface area contributed by atoms with Crippen LogP contribution in [-0.4, -0.2) is 47.8 Å². The van der Waals surface area contributed by atoms with Crippen molar-refractivity contribution >= 4 is 24.2 Å². The van der Waals surface area contributed by atoms with Gasteiger partial charge in [-0.3, -0.25) is 14.9 Å². The summed E-state index contributed by atoms with van der Waals surface area (Å²) in [5.41, 5.74) is -0.515. The Bertz CT molecular complexity index is 494. The molecular weight excluding hydrogens is 267 g/mol. The van der Waals surface area contributed by atoms with Crippen molar-refractivity contribution in [2.24, 2.45) is 0 Å². The third kappa shape index (κ3) is 4.61. The van der Waals surface area contributed by atoms with Gasteiger partial charge >= 0.3 is 7.12 Å². The lowest BCUT2D eigenvalue weighted by Crippen LogP contribution is -2.33. The SMILES string of the molecule is CCOCCNC(=O)c1cc(B(O)O)cc([N+](=O)[O-])c1. The molecule has 0 saturated heterocycles. The Morgan fingerprint density at radius 3 is 2.70 bits per heavy atom. The molecule has 0 fully saturated rings. The average Bonchev–Trinajstić information content (AvgIpc) is 2.42. The highest BCUT2D eigenvalue weighted by atomic mass is 16.6. The number of amides is 1. The molecule has 0 saturated carbocycles. The highest BCUT2D eigenvalue weighted by molar-refractivity contribution is 6.58. The third-order valence-corrected chi connectivity index (χ3v) is 2.45. The molecule has 0 aliphatic carbocycles. The molecule has 8 nitrogen and oxygen atoms in total. The van der Waals surface area contributed by atoms with Gasteiger partial charge in [-0.05, 0) is 18.5 Å². The lowest BCUT2D eigenvalue weighted by molar-refractivity contribution is -0.384. The highest BCUT2D eigenvalue weighted by Gasteiger charge is 2.20. The van der Waals surface area contributed by atoms with E-state index >= 15 is 0 Å². The number of carbonyl (C=O) groups excluding carboxylic acids is 1. The minimum absolute atomic E-state index is 0.0150. The topological polar surface area (TPSA) is 122 Å². The van der Waals surface area contributed by atoms with E-state index in [0.717, 1.165) is 12.1 Å². The molecule has 0 bridgehead atoms. The number of nitro groups is 1. The zero-order chi connectivity index (χ0) is 15.1. The number of nitrogens with zero attached hydrogens (tertiary/aromatic N) is 1. The van der Waals surface area contributed by atoms with Crippen LogP contribution < -0.4 is 10.8 Å². The summed E-state index contributed by atoms with van der Waals surface area (Å²) in [4.78, 5) is 21.8. The smallest absolute Gasteiger partial charge is 0.423 e. The summed E-state index contributed by atoms with van der Waals surface area (Å²) in [6.45, 7) is 2.92. The van der Waals surface area contributed by atoms with Crippen LogP contribution in [0.3, 0.4) is 0 Å². The van der Waals surface area contributed by atoms with Gasteiger partial charge < -0.3 is 20.1 Å². The Kier molecular flexibility index (Phi) is 6.10. The highest BCUT2D eigenvalue weighted by Crippen LogP contribution is 2.12. The lowest BCUT2D eigenvalue weighted by Gasteiger charge is -2.07. The summed E-state index contributed by atoms with van der Waals surface area (Å²) >= 11 is 0. The van der Waals surface area contributed by atoms with Gasteiger partial charge in [0.2, 0.25) is 0 Å². The number of hydrogen-bond acceptors (Lipinski definition) is 6. The predicted octanol–water partition coefficient (Wildman–Crippen LogP) is -0.959. The number of benzene rings is 1. The van der Waals surface area contributed by atoms with E-state index in [4.69, 9.17) is 14.8 Å². The van der Waals surface area contributed by atoms with Crippen LogP contribution in [0.1, 0.15) is 17.3 Å². The zero-order valence-corrected chi connectivity index (χ0v) is 10.9. The number of carbonyl (C=O) groups is 1. The summed E-state index contributed by atoms with van der Waals surface area (Å²) in [6.07, 6.45) is 0. The zero-order valence-electron chi connectivity index (χ0n) is 10.9. The van der Waals surface area contributed by atoms with E-state index in [1.54, 1.807) is 0 Å². The van der Waals surface area contributed by atoms with Crippen LogP contribution >= 0.6 is 0 Å². The fourth-order valence-electron chi connectivity index (χ4n) is 1.50. The van der Waals surface area contributed by atoms with Crippen molar-refractivity contribution in [3.63, 3.8) is 0 Å². The van der Waals surface area contributed by atoms with Gasteiger partial charge in [0, 0.05) is 30.8 Å². The Hall–Kier alpha value is -1.97. The van der Waals surface area contributed by atoms with Crippen LogP contribution in [0.4, 0.5) is 5.69 Å². The summed E-state index contributed by atoms with van der Waals surface area (Å²) in [7, 11) is -1.88. The second-order valence-electron chi connectivity index (χ2n) is 3.90. The van der Waals surface area contributed by atoms with Crippen LogP contribution in [-0.2, 0) is 4.74 Å². The number of rotatable bonds is 7. The maximum atomic E-state index is 11.8. The summed E-state index contributed by atoms with van der Waals surface area (Å²) < 4.78 is 5.04. The number of hydrogen-bond donors (Lipinski definition) is 3. The lowest BCUT2D eigenvalue weighted by atomic mass is 9.79. The van der Waals surface area contributed by atoms with E-state index in [1.165, 1.54) is 6.07 Å². The minimum atomic E-state index is -1.88. The summed E-state index contributed by atoms with van der Waals surface area (Å²) in [6, 6.07) is 3.26. The number of nitro benzene ring substituents is 1. The van der Waals surface area contributed by atoms with Crippen LogP contribution in [0.2, 0.25) is 0 Å². The van der Waals surface area contributed by atoms with Crippen LogP contribution in [0.15, 0.2) is 18.2 Å². The van der Waals surface area contributed by atoms with Crippen molar-refractivity contribution in [1.82, 2.24) is 5.32 Å². The second kappa shape index (κ2) is 7.58. The maximum absolute atomic E-state index is 11.8. The molecule has 1 amide bonds. The number of non-ortho nitro benzene ring substituents is 1. The number of ether oxygens (including phenoxy) is 1. The van der Waals surface area contributed by atoms with Crippen LogP contribution in [0.5, 0.6) is 0 Å². The molecule has 20 heavy (non-hydrogen) atoms. The van der Waals surface area contributed by atoms with Gasteiger partial charge in [-0.2, -0.15) is 0 Å². The Morgan fingerprint density at radius 2 is 2.15 bits per heavy atom. The molecule has 0 aliphatic rings. The van der Waals surface area contributed by atoms with E-state index < -0.39 is 17.9 Å². The Morgan fingerprint density at radius 1 is 1.45 bits per heavy atom. The predicted molar refractivity (Wildman–Crippen MR) is 71.7 cm³/mol. The summed E-state index contributed by atoms with van der Waals surface area (Å²) in [5, 5.41) is 31.4. The molecule has 1 aromatic rings. The first-order valence-corrected chi connectivity index (χ1v) is 5.97. The first-order valence-electron chi connectivity index (χ1n) is 5.97. The summed E-state index contributed by atoms with van der Waals surface area (Å²) in [5.74, 6) is -0.546. The van der Waals surface area contributed by atoms with Gasteiger partial charge in [-0.15, -0.1) is 0 Å². The third-order valence-electron chi connectivity index (χ3n) is 2.45. The monoisotopic (exact) mass is 282 g/mol. The van der Waals surface area contributed by atoms with Gasteiger partial charge in [-0.1, -0.05) is 0 Å². The van der Waals surface area contributed by atoms with E-state index in [-0.39, 0.29) is 23.3 Å². The normalized spacial score (nSPS) is 10.2. The minimum Gasteiger partial charge on any atom is -0.423 e. The fraction of sp³-hybridized carbons (Fsp3) is 0.364. The Balaban J connectivity index is 2.87. The van der Waals surface area contributed by atoms with Crippen LogP contribution in [0, 0.1) is 10.1 Å². The molecule has 0 atom stereocenters. The van der Waals surface area contributed by atoms with E-state index in [1.807, 2.05) is 6.92 Å². The molecule has 1 rings (SSSR count).